The molecule has 1 aromatic carbocycles. The zero-order chi connectivity index (χ0) is 17.0. The minimum atomic E-state index is -0.422. The molecule has 0 aliphatic carbocycles. The number of aromatic amines is 1. The lowest BCUT2D eigenvalue weighted by atomic mass is 9.99. The van der Waals surface area contributed by atoms with E-state index in [1.807, 2.05) is 6.07 Å². The Hall–Kier alpha value is -2.94. The molecule has 1 heterocycles. The molecule has 0 fully saturated rings. The third-order valence-corrected chi connectivity index (χ3v) is 3.63. The molecule has 0 unspecified atom stereocenters. The summed E-state index contributed by atoms with van der Waals surface area (Å²) in [4.78, 5) is 26.3. The number of pyridine rings is 1. The van der Waals surface area contributed by atoms with Gasteiger partial charge in [-0.1, -0.05) is 6.07 Å². The van der Waals surface area contributed by atoms with Crippen LogP contribution in [-0.2, 0) is 11.2 Å². The van der Waals surface area contributed by atoms with Crippen molar-refractivity contribution in [2.45, 2.75) is 26.7 Å². The molecule has 23 heavy (non-hydrogen) atoms. The van der Waals surface area contributed by atoms with E-state index in [1.165, 1.54) is 18.2 Å². The number of aromatic nitrogens is 1. The van der Waals surface area contributed by atoms with E-state index in [4.69, 9.17) is 5.26 Å². The molecule has 0 bridgehead atoms. The van der Waals surface area contributed by atoms with Crippen molar-refractivity contribution < 1.29 is 9.18 Å². The van der Waals surface area contributed by atoms with E-state index in [2.05, 4.69) is 10.3 Å². The van der Waals surface area contributed by atoms with Gasteiger partial charge in [0.1, 0.15) is 17.4 Å². The second-order valence-corrected chi connectivity index (χ2v) is 5.23. The molecule has 118 valence electrons. The first-order valence-electron chi connectivity index (χ1n) is 7.10. The molecule has 1 amide bonds. The van der Waals surface area contributed by atoms with E-state index in [1.54, 1.807) is 19.9 Å². The molecule has 0 saturated carbocycles. The van der Waals surface area contributed by atoms with Crippen molar-refractivity contribution in [1.29, 1.82) is 5.26 Å². The van der Waals surface area contributed by atoms with Gasteiger partial charge in [0.05, 0.1) is 0 Å². The van der Waals surface area contributed by atoms with Crippen molar-refractivity contribution in [1.82, 2.24) is 4.98 Å². The van der Waals surface area contributed by atoms with Crippen LogP contribution in [0.3, 0.4) is 0 Å². The molecule has 0 aliphatic rings. The first-order chi connectivity index (χ1) is 10.9. The van der Waals surface area contributed by atoms with Gasteiger partial charge in [0.15, 0.2) is 0 Å². The number of amides is 1. The summed E-state index contributed by atoms with van der Waals surface area (Å²) < 4.78 is 13.1. The van der Waals surface area contributed by atoms with Crippen molar-refractivity contribution in [3.63, 3.8) is 0 Å². The van der Waals surface area contributed by atoms with Gasteiger partial charge in [0, 0.05) is 17.8 Å². The van der Waals surface area contributed by atoms with E-state index in [0.29, 0.717) is 23.4 Å². The number of hydrogen-bond acceptors (Lipinski definition) is 3. The molecule has 1 aromatic heterocycles. The number of halogens is 1. The Bertz CT molecular complexity index is 850. The van der Waals surface area contributed by atoms with Gasteiger partial charge in [-0.2, -0.15) is 5.26 Å². The van der Waals surface area contributed by atoms with Crippen molar-refractivity contribution >= 4 is 11.6 Å². The Morgan fingerprint density at radius 2 is 2.13 bits per heavy atom. The fourth-order valence-corrected chi connectivity index (χ4v) is 2.45. The molecular weight excluding hydrogens is 297 g/mol. The topological polar surface area (TPSA) is 85.8 Å². The maximum absolute atomic E-state index is 13.1. The molecule has 2 rings (SSSR count). The van der Waals surface area contributed by atoms with Crippen LogP contribution in [0.15, 0.2) is 29.1 Å². The zero-order valence-electron chi connectivity index (χ0n) is 12.9. The van der Waals surface area contributed by atoms with Crippen LogP contribution < -0.4 is 10.9 Å². The van der Waals surface area contributed by atoms with E-state index in [-0.39, 0.29) is 17.9 Å². The van der Waals surface area contributed by atoms with Gasteiger partial charge in [-0.15, -0.1) is 0 Å². The average Bonchev–Trinajstić information content (AvgIpc) is 2.47. The molecule has 0 saturated heterocycles. The Kier molecular flexibility index (Phi) is 4.91. The lowest BCUT2D eigenvalue weighted by molar-refractivity contribution is -0.116. The van der Waals surface area contributed by atoms with Crippen LogP contribution >= 0.6 is 0 Å². The highest BCUT2D eigenvalue weighted by Crippen LogP contribution is 2.16. The molecule has 2 N–H and O–H groups in total. The largest absolute Gasteiger partial charge is 0.326 e. The Morgan fingerprint density at radius 1 is 1.39 bits per heavy atom. The molecule has 0 spiro atoms. The van der Waals surface area contributed by atoms with Gasteiger partial charge in [0.2, 0.25) is 5.91 Å². The third-order valence-electron chi connectivity index (χ3n) is 3.63. The minimum Gasteiger partial charge on any atom is -0.326 e. The molecule has 2 aromatic rings. The van der Waals surface area contributed by atoms with Crippen LogP contribution in [0.4, 0.5) is 10.1 Å². The van der Waals surface area contributed by atoms with Gasteiger partial charge in [-0.05, 0) is 49.6 Å². The highest BCUT2D eigenvalue weighted by atomic mass is 19.1. The predicted octanol–water partition coefficient (Wildman–Crippen LogP) is 2.57. The normalized spacial score (nSPS) is 10.2. The fraction of sp³-hybridized carbons (Fsp3) is 0.235. The molecule has 5 nitrogen and oxygen atoms in total. The van der Waals surface area contributed by atoms with Crippen LogP contribution in [0.5, 0.6) is 0 Å². The lowest BCUT2D eigenvalue weighted by Gasteiger charge is -2.11. The number of anilines is 1. The summed E-state index contributed by atoms with van der Waals surface area (Å²) in [6.07, 6.45) is 0.541. The number of hydrogen-bond donors (Lipinski definition) is 2. The highest BCUT2D eigenvalue weighted by molar-refractivity contribution is 5.90. The third kappa shape index (κ3) is 3.83. The van der Waals surface area contributed by atoms with Crippen LogP contribution in [0.1, 0.15) is 28.8 Å². The Labute approximate surface area is 132 Å². The first-order valence-corrected chi connectivity index (χ1v) is 7.10. The maximum atomic E-state index is 13.1. The summed E-state index contributed by atoms with van der Waals surface area (Å²) in [7, 11) is 0. The van der Waals surface area contributed by atoms with Crippen molar-refractivity contribution in [2.75, 3.05) is 5.32 Å². The number of nitrogens with zero attached hydrogens (tertiary/aromatic N) is 1. The number of nitrogens with one attached hydrogen (secondary N) is 2. The van der Waals surface area contributed by atoms with Gasteiger partial charge in [-0.25, -0.2) is 4.39 Å². The molecule has 0 radical (unpaired) electrons. The quantitative estimate of drug-likeness (QED) is 0.909. The molecule has 0 aliphatic heterocycles. The molecular formula is C17H16FN3O2. The molecule has 0 atom stereocenters. The number of carbonyl (C=O) groups excluding carboxylic acids is 1. The zero-order valence-corrected chi connectivity index (χ0v) is 12.9. The van der Waals surface area contributed by atoms with E-state index in [9.17, 15) is 14.0 Å². The second kappa shape index (κ2) is 6.88. The second-order valence-electron chi connectivity index (χ2n) is 5.23. The summed E-state index contributed by atoms with van der Waals surface area (Å²) in [6, 6.07) is 7.53. The van der Waals surface area contributed by atoms with Gasteiger partial charge >= 0.3 is 0 Å². The van der Waals surface area contributed by atoms with Crippen LogP contribution in [0.2, 0.25) is 0 Å². The van der Waals surface area contributed by atoms with Crippen LogP contribution in [0.25, 0.3) is 0 Å². The number of carbonyl (C=O) groups is 1. The summed E-state index contributed by atoms with van der Waals surface area (Å²) in [6.45, 7) is 3.43. The summed E-state index contributed by atoms with van der Waals surface area (Å²) >= 11 is 0. The number of aryl methyl sites for hydroxylation is 1. The highest BCUT2D eigenvalue weighted by Gasteiger charge is 2.13. The number of nitriles is 1. The maximum Gasteiger partial charge on any atom is 0.266 e. The standard InChI is InChI=1S/C17H16FN3O2/c1-10-14(11(2)20-17(23)15(10)9-19)6-7-16(22)21-13-5-3-4-12(18)8-13/h3-5,8H,6-7H2,1-2H3,(H,20,23)(H,21,22). The fourth-order valence-electron chi connectivity index (χ4n) is 2.45. The number of rotatable bonds is 4. The Balaban J connectivity index is 2.11. The van der Waals surface area contributed by atoms with Gasteiger partial charge in [-0.3, -0.25) is 9.59 Å². The van der Waals surface area contributed by atoms with Gasteiger partial charge < -0.3 is 10.3 Å². The molecule has 6 heteroatoms. The minimum absolute atomic E-state index is 0.0659. The van der Waals surface area contributed by atoms with Crippen LogP contribution in [-0.4, -0.2) is 10.9 Å². The summed E-state index contributed by atoms with van der Waals surface area (Å²) in [5.41, 5.74) is 2.04. The van der Waals surface area contributed by atoms with Gasteiger partial charge in [0.25, 0.3) is 5.56 Å². The predicted molar refractivity (Wildman–Crippen MR) is 84.6 cm³/mol. The summed E-state index contributed by atoms with van der Waals surface area (Å²) in [5.74, 6) is -0.687. The monoisotopic (exact) mass is 313 g/mol. The van der Waals surface area contributed by atoms with Crippen LogP contribution in [0, 0.1) is 31.0 Å². The SMILES string of the molecule is Cc1[nH]c(=O)c(C#N)c(C)c1CCC(=O)Nc1cccc(F)c1. The Morgan fingerprint density at radius 3 is 2.78 bits per heavy atom. The average molecular weight is 313 g/mol. The van der Waals surface area contributed by atoms with Crippen molar-refractivity contribution in [3.05, 3.63) is 62.8 Å². The lowest BCUT2D eigenvalue weighted by Crippen LogP contribution is -2.18. The van der Waals surface area contributed by atoms with Crippen molar-refractivity contribution in [3.8, 4) is 6.07 Å². The summed E-state index contributed by atoms with van der Waals surface area (Å²) in [5, 5.41) is 11.6. The smallest absolute Gasteiger partial charge is 0.266 e. The van der Waals surface area contributed by atoms with E-state index >= 15 is 0 Å². The first kappa shape index (κ1) is 16.4. The number of H-pyrrole nitrogens is 1. The number of benzene rings is 1. The van der Waals surface area contributed by atoms with E-state index < -0.39 is 11.4 Å². The van der Waals surface area contributed by atoms with Crippen molar-refractivity contribution in [2.24, 2.45) is 0 Å². The van der Waals surface area contributed by atoms with E-state index in [0.717, 1.165) is 5.56 Å².